The first-order valence-corrected chi connectivity index (χ1v) is 11.4. The van der Waals surface area contributed by atoms with Crippen LogP contribution in [0.2, 0.25) is 0 Å². The molecule has 13 nitrogen and oxygen atoms in total. The summed E-state index contributed by atoms with van der Waals surface area (Å²) < 4.78 is 0. The van der Waals surface area contributed by atoms with Gasteiger partial charge in [0, 0.05) is 27.6 Å². The second-order valence-corrected chi connectivity index (χ2v) is 8.39. The number of rotatable bonds is 21. The quantitative estimate of drug-likeness (QED) is 0.0942. The van der Waals surface area contributed by atoms with Crippen molar-refractivity contribution in [2.24, 2.45) is 0 Å². The van der Waals surface area contributed by atoms with E-state index in [1.165, 1.54) is 0 Å². The first kappa shape index (κ1) is 30.8. The molecule has 0 spiro atoms. The van der Waals surface area contributed by atoms with Gasteiger partial charge < -0.3 is 20.1 Å². The zero-order valence-electron chi connectivity index (χ0n) is 19.1. The average molecular weight is 480 g/mol. The number of nitro groups is 3. The fourth-order valence-corrected chi connectivity index (χ4v) is 3.75. The van der Waals surface area contributed by atoms with Gasteiger partial charge in [-0.2, -0.15) is 0 Å². The van der Waals surface area contributed by atoms with Crippen molar-refractivity contribution in [3.63, 3.8) is 0 Å². The highest BCUT2D eigenvalue weighted by Gasteiger charge is 2.42. The molecule has 0 aromatic heterocycles. The zero-order chi connectivity index (χ0) is 25.4. The Labute approximate surface area is 192 Å². The van der Waals surface area contributed by atoms with Crippen LogP contribution in [0.25, 0.3) is 0 Å². The molecule has 6 atom stereocenters. The number of carbonyl (C=O) groups excluding carboxylic acids is 1. The lowest BCUT2D eigenvalue weighted by molar-refractivity contribution is -0.562. The highest BCUT2D eigenvalue weighted by Crippen LogP contribution is 2.21. The minimum atomic E-state index is -1.87. The summed E-state index contributed by atoms with van der Waals surface area (Å²) in [7, 11) is 0. The van der Waals surface area contributed by atoms with Crippen molar-refractivity contribution in [3.8, 4) is 0 Å². The standard InChI is InChI=1S/C20H37N3O10/c1-2-3-7-11-18(25)16(22(30)31)13-20(27)17(23(32)33)14-19(26)15(21(28)29)10-8-5-4-6-9-12-24/h12,15-20,25-27H,2-11,13-14H2,1H3. The van der Waals surface area contributed by atoms with Gasteiger partial charge in [-0.25, -0.2) is 0 Å². The van der Waals surface area contributed by atoms with E-state index in [9.17, 15) is 50.5 Å². The Morgan fingerprint density at radius 1 is 0.667 bits per heavy atom. The van der Waals surface area contributed by atoms with Crippen LogP contribution in [0.5, 0.6) is 0 Å². The molecule has 0 saturated heterocycles. The van der Waals surface area contributed by atoms with Crippen molar-refractivity contribution in [1.29, 1.82) is 0 Å². The van der Waals surface area contributed by atoms with Crippen LogP contribution in [0.15, 0.2) is 0 Å². The molecule has 0 aromatic carbocycles. The normalized spacial score (nSPS) is 16.8. The maximum Gasteiger partial charge on any atom is 0.241 e. The third-order valence-corrected chi connectivity index (χ3v) is 5.79. The number of aliphatic hydroxyl groups excluding tert-OH is 3. The molecule has 13 heteroatoms. The number of carbonyl (C=O) groups is 1. The van der Waals surface area contributed by atoms with Gasteiger partial charge in [-0.15, -0.1) is 0 Å². The van der Waals surface area contributed by atoms with E-state index in [4.69, 9.17) is 0 Å². The summed E-state index contributed by atoms with van der Waals surface area (Å²) in [5, 5.41) is 64.9. The topological polar surface area (TPSA) is 207 Å². The molecule has 0 rings (SSSR count). The molecule has 0 heterocycles. The summed E-state index contributed by atoms with van der Waals surface area (Å²) in [6.07, 6.45) is -0.842. The van der Waals surface area contributed by atoms with E-state index < -0.39 is 64.0 Å². The predicted octanol–water partition coefficient (Wildman–Crippen LogP) is 1.91. The van der Waals surface area contributed by atoms with E-state index in [2.05, 4.69) is 0 Å². The fourth-order valence-electron chi connectivity index (χ4n) is 3.75. The monoisotopic (exact) mass is 479 g/mol. The summed E-state index contributed by atoms with van der Waals surface area (Å²) in [5.74, 6) is 0. The van der Waals surface area contributed by atoms with E-state index in [0.29, 0.717) is 38.5 Å². The fraction of sp³-hybridized carbons (Fsp3) is 0.950. The molecular formula is C20H37N3O10. The second kappa shape index (κ2) is 17.3. The van der Waals surface area contributed by atoms with E-state index in [-0.39, 0.29) is 12.8 Å². The summed E-state index contributed by atoms with van der Waals surface area (Å²) in [5.41, 5.74) is 0. The minimum absolute atomic E-state index is 0.0382. The minimum Gasteiger partial charge on any atom is -0.386 e. The molecule has 0 aliphatic heterocycles. The maximum atomic E-state index is 11.5. The van der Waals surface area contributed by atoms with E-state index in [0.717, 1.165) is 19.1 Å². The average Bonchev–Trinajstić information content (AvgIpc) is 2.74. The van der Waals surface area contributed by atoms with Crippen molar-refractivity contribution in [2.75, 3.05) is 0 Å². The molecule has 0 aliphatic rings. The third-order valence-electron chi connectivity index (χ3n) is 5.79. The van der Waals surface area contributed by atoms with Crippen molar-refractivity contribution < 1.29 is 34.9 Å². The molecule has 0 saturated carbocycles. The molecule has 0 bridgehead atoms. The van der Waals surface area contributed by atoms with Crippen molar-refractivity contribution in [3.05, 3.63) is 30.3 Å². The highest BCUT2D eigenvalue weighted by molar-refractivity contribution is 5.48. The van der Waals surface area contributed by atoms with Gasteiger partial charge in [0.15, 0.2) is 0 Å². The van der Waals surface area contributed by atoms with Gasteiger partial charge in [0.25, 0.3) is 0 Å². The van der Waals surface area contributed by atoms with Gasteiger partial charge in [0.2, 0.25) is 18.1 Å². The summed E-state index contributed by atoms with van der Waals surface area (Å²) in [6.45, 7) is 1.92. The molecule has 6 unspecified atom stereocenters. The Morgan fingerprint density at radius 3 is 1.61 bits per heavy atom. The molecule has 0 aromatic rings. The number of nitrogens with zero attached hydrogens (tertiary/aromatic N) is 3. The van der Waals surface area contributed by atoms with Crippen LogP contribution in [0.4, 0.5) is 0 Å². The van der Waals surface area contributed by atoms with Crippen molar-refractivity contribution in [2.45, 2.75) is 120 Å². The molecule has 0 amide bonds. The molecule has 0 radical (unpaired) electrons. The van der Waals surface area contributed by atoms with E-state index >= 15 is 0 Å². The molecular weight excluding hydrogens is 442 g/mol. The van der Waals surface area contributed by atoms with Crippen molar-refractivity contribution in [1.82, 2.24) is 0 Å². The lowest BCUT2D eigenvalue weighted by Crippen LogP contribution is -2.46. The van der Waals surface area contributed by atoms with E-state index in [1.807, 2.05) is 6.92 Å². The van der Waals surface area contributed by atoms with Gasteiger partial charge in [0.05, 0.1) is 12.8 Å². The zero-order valence-corrected chi connectivity index (χ0v) is 19.1. The van der Waals surface area contributed by atoms with Gasteiger partial charge in [-0.05, 0) is 19.3 Å². The first-order valence-electron chi connectivity index (χ1n) is 11.4. The number of hydrogen-bond acceptors (Lipinski definition) is 10. The largest absolute Gasteiger partial charge is 0.386 e. The van der Waals surface area contributed by atoms with Gasteiger partial charge in [-0.3, -0.25) is 30.3 Å². The number of aliphatic hydroxyl groups is 3. The van der Waals surface area contributed by atoms with Gasteiger partial charge in [-0.1, -0.05) is 39.0 Å². The summed E-state index contributed by atoms with van der Waals surface area (Å²) in [6, 6.07) is -4.98. The van der Waals surface area contributed by atoms with E-state index in [1.54, 1.807) is 0 Å². The van der Waals surface area contributed by atoms with Crippen molar-refractivity contribution >= 4 is 6.29 Å². The highest BCUT2D eigenvalue weighted by atomic mass is 16.6. The van der Waals surface area contributed by atoms with Crippen LogP contribution in [-0.4, -0.2) is 72.8 Å². The maximum absolute atomic E-state index is 11.5. The van der Waals surface area contributed by atoms with Crippen LogP contribution >= 0.6 is 0 Å². The lowest BCUT2D eigenvalue weighted by atomic mass is 9.91. The number of aldehydes is 1. The summed E-state index contributed by atoms with van der Waals surface area (Å²) >= 11 is 0. The van der Waals surface area contributed by atoms with Gasteiger partial charge >= 0.3 is 0 Å². The Bertz CT molecular complexity index is 607. The molecule has 33 heavy (non-hydrogen) atoms. The van der Waals surface area contributed by atoms with Crippen LogP contribution in [0, 0.1) is 30.3 Å². The Morgan fingerprint density at radius 2 is 1.12 bits per heavy atom. The predicted molar refractivity (Wildman–Crippen MR) is 118 cm³/mol. The lowest BCUT2D eigenvalue weighted by Gasteiger charge is -2.23. The van der Waals surface area contributed by atoms with Gasteiger partial charge in [0.1, 0.15) is 24.6 Å². The first-order chi connectivity index (χ1) is 15.6. The van der Waals surface area contributed by atoms with Crippen LogP contribution in [0.1, 0.15) is 84.0 Å². The third kappa shape index (κ3) is 12.5. The Hall–Kier alpha value is -2.25. The van der Waals surface area contributed by atoms with Crippen LogP contribution in [-0.2, 0) is 4.79 Å². The molecule has 0 aliphatic carbocycles. The summed E-state index contributed by atoms with van der Waals surface area (Å²) in [4.78, 5) is 42.0. The van der Waals surface area contributed by atoms with Crippen LogP contribution in [0.3, 0.4) is 0 Å². The molecule has 0 fully saturated rings. The smallest absolute Gasteiger partial charge is 0.241 e. The Balaban J connectivity index is 5.06. The number of hydrogen-bond donors (Lipinski definition) is 3. The second-order valence-electron chi connectivity index (χ2n) is 8.39. The molecule has 192 valence electrons. The molecule has 3 N–H and O–H groups in total. The Kier molecular flexibility index (Phi) is 16.1. The number of unbranched alkanes of at least 4 members (excludes halogenated alkanes) is 6. The van der Waals surface area contributed by atoms with Crippen LogP contribution < -0.4 is 0 Å². The SMILES string of the molecule is CCCCCC(O)C(CC(O)C(CC(O)C(CCCCCCC=O)[N+](=O)[O-])[N+](=O)[O-])[N+](=O)[O-].